The van der Waals surface area contributed by atoms with Crippen LogP contribution in [0.2, 0.25) is 0 Å². The summed E-state index contributed by atoms with van der Waals surface area (Å²) in [5, 5.41) is 13.3. The molecule has 0 saturated carbocycles. The minimum atomic E-state index is 0.110. The predicted octanol–water partition coefficient (Wildman–Crippen LogP) is 4.36. The zero-order valence-corrected chi connectivity index (χ0v) is 17.0. The van der Waals surface area contributed by atoms with Crippen molar-refractivity contribution in [2.24, 2.45) is 5.92 Å². The Morgan fingerprint density at radius 3 is 2.96 bits per heavy atom. The summed E-state index contributed by atoms with van der Waals surface area (Å²) >= 11 is 3.70. The molecule has 2 aromatic carbocycles. The molecule has 0 radical (unpaired) electrons. The maximum absolute atomic E-state index is 9.60. The zero-order chi connectivity index (χ0) is 18.4. The van der Waals surface area contributed by atoms with E-state index in [4.69, 9.17) is 4.74 Å². The van der Waals surface area contributed by atoms with Crippen LogP contribution in [-0.2, 0) is 6.61 Å². The summed E-state index contributed by atoms with van der Waals surface area (Å²) in [5.41, 5.74) is 2.22. The first-order chi connectivity index (χ1) is 12.7. The molecule has 0 spiro atoms. The van der Waals surface area contributed by atoms with E-state index < -0.39 is 0 Å². The van der Waals surface area contributed by atoms with Gasteiger partial charge in [0.25, 0.3) is 0 Å². The molecule has 0 fully saturated rings. The Morgan fingerprint density at radius 2 is 2.12 bits per heavy atom. The number of ether oxygens (including phenoxy) is 1. The smallest absolute Gasteiger partial charge is 0.132 e. The SMILES string of the molecule is Cc1cccc(SC[C@@H](C)CN[C@@H]2COc3ccccc3SC2)c1CO. The summed E-state index contributed by atoms with van der Waals surface area (Å²) < 4.78 is 5.95. The molecular formula is C21H27NO2S2. The molecule has 3 nitrogen and oxygen atoms in total. The lowest BCUT2D eigenvalue weighted by Crippen LogP contribution is -2.39. The lowest BCUT2D eigenvalue weighted by atomic mass is 10.1. The van der Waals surface area contributed by atoms with Crippen LogP contribution in [0.5, 0.6) is 5.75 Å². The fraction of sp³-hybridized carbons (Fsp3) is 0.429. The molecule has 0 saturated heterocycles. The van der Waals surface area contributed by atoms with E-state index in [2.05, 4.69) is 49.5 Å². The quantitative estimate of drug-likeness (QED) is 0.689. The zero-order valence-electron chi connectivity index (χ0n) is 15.4. The number of para-hydroxylation sites is 1. The van der Waals surface area contributed by atoms with E-state index in [9.17, 15) is 5.11 Å². The molecule has 1 heterocycles. The van der Waals surface area contributed by atoms with Crippen LogP contribution in [0.1, 0.15) is 18.1 Å². The first-order valence-electron chi connectivity index (χ1n) is 9.07. The molecule has 26 heavy (non-hydrogen) atoms. The van der Waals surface area contributed by atoms with Gasteiger partial charge in [-0.25, -0.2) is 0 Å². The average molecular weight is 390 g/mol. The maximum atomic E-state index is 9.60. The van der Waals surface area contributed by atoms with E-state index in [0.717, 1.165) is 41.5 Å². The molecule has 0 aromatic heterocycles. The second-order valence-electron chi connectivity index (χ2n) is 6.80. The summed E-state index contributed by atoms with van der Waals surface area (Å²) in [6, 6.07) is 14.9. The minimum absolute atomic E-state index is 0.110. The highest BCUT2D eigenvalue weighted by Gasteiger charge is 2.18. The number of hydrogen-bond acceptors (Lipinski definition) is 5. The van der Waals surface area contributed by atoms with Gasteiger partial charge in [0.1, 0.15) is 12.4 Å². The monoisotopic (exact) mass is 389 g/mol. The lowest BCUT2D eigenvalue weighted by molar-refractivity contribution is 0.270. The standard InChI is InChI=1S/C21H27NO2S2/c1-15(13-25-20-9-5-6-16(2)18(20)11-23)10-22-17-12-24-19-7-3-4-8-21(19)26-14-17/h3-9,15,17,22-23H,10-14H2,1-2H3/t15-,17+/m0/s1. The van der Waals surface area contributed by atoms with Crippen molar-refractivity contribution in [2.45, 2.75) is 36.3 Å². The Bertz CT molecular complexity index is 696. The van der Waals surface area contributed by atoms with Gasteiger partial charge in [0.05, 0.1) is 12.6 Å². The topological polar surface area (TPSA) is 41.5 Å². The fourth-order valence-electron chi connectivity index (χ4n) is 2.91. The van der Waals surface area contributed by atoms with Gasteiger partial charge >= 0.3 is 0 Å². The number of thioether (sulfide) groups is 2. The van der Waals surface area contributed by atoms with Crippen LogP contribution in [0.4, 0.5) is 0 Å². The summed E-state index contributed by atoms with van der Waals surface area (Å²) in [6.45, 7) is 6.13. The molecule has 3 rings (SSSR count). The number of hydrogen-bond donors (Lipinski definition) is 2. The lowest BCUT2D eigenvalue weighted by Gasteiger charge is -2.19. The van der Waals surface area contributed by atoms with E-state index in [1.165, 1.54) is 9.79 Å². The van der Waals surface area contributed by atoms with Crippen molar-refractivity contribution >= 4 is 23.5 Å². The number of benzene rings is 2. The Labute approximate surface area is 164 Å². The first-order valence-corrected chi connectivity index (χ1v) is 11.0. The van der Waals surface area contributed by atoms with Crippen LogP contribution >= 0.6 is 23.5 Å². The van der Waals surface area contributed by atoms with Gasteiger partial charge in [-0.2, -0.15) is 0 Å². The predicted molar refractivity (Wildman–Crippen MR) is 111 cm³/mol. The highest BCUT2D eigenvalue weighted by atomic mass is 32.2. The second kappa shape index (κ2) is 9.70. The molecule has 0 unspecified atom stereocenters. The molecule has 140 valence electrons. The summed E-state index contributed by atoms with van der Waals surface area (Å²) in [4.78, 5) is 2.43. The van der Waals surface area contributed by atoms with Crippen molar-refractivity contribution < 1.29 is 9.84 Å². The summed E-state index contributed by atoms with van der Waals surface area (Å²) in [6.07, 6.45) is 0. The van der Waals surface area contributed by atoms with Crippen molar-refractivity contribution in [1.82, 2.24) is 5.32 Å². The minimum Gasteiger partial charge on any atom is -0.491 e. The molecular weight excluding hydrogens is 362 g/mol. The van der Waals surface area contributed by atoms with Crippen molar-refractivity contribution in [3.05, 3.63) is 53.6 Å². The molecule has 0 aliphatic carbocycles. The van der Waals surface area contributed by atoms with E-state index in [1.54, 1.807) is 0 Å². The third-order valence-corrected chi connectivity index (χ3v) is 7.18. The third-order valence-electron chi connectivity index (χ3n) is 4.53. The molecule has 1 aliphatic rings. The van der Waals surface area contributed by atoms with Gasteiger partial charge < -0.3 is 15.2 Å². The molecule has 5 heteroatoms. The summed E-state index contributed by atoms with van der Waals surface area (Å²) in [7, 11) is 0. The molecule has 2 N–H and O–H groups in total. The van der Waals surface area contributed by atoms with Crippen LogP contribution in [0.3, 0.4) is 0 Å². The Kier molecular flexibility index (Phi) is 7.32. The number of aliphatic hydroxyl groups is 1. The van der Waals surface area contributed by atoms with Gasteiger partial charge in [0.15, 0.2) is 0 Å². The number of nitrogens with one attached hydrogen (secondary N) is 1. The van der Waals surface area contributed by atoms with E-state index >= 15 is 0 Å². The molecule has 2 atom stereocenters. The van der Waals surface area contributed by atoms with E-state index in [0.29, 0.717) is 12.0 Å². The summed E-state index contributed by atoms with van der Waals surface area (Å²) in [5.74, 6) is 3.61. The maximum Gasteiger partial charge on any atom is 0.132 e. The number of aryl methyl sites for hydroxylation is 1. The average Bonchev–Trinajstić information content (AvgIpc) is 2.87. The number of fused-ring (bicyclic) bond motifs is 1. The van der Waals surface area contributed by atoms with Crippen LogP contribution in [0, 0.1) is 12.8 Å². The van der Waals surface area contributed by atoms with Crippen molar-refractivity contribution in [3.8, 4) is 5.75 Å². The van der Waals surface area contributed by atoms with E-state index in [1.807, 2.05) is 35.7 Å². The molecule has 0 amide bonds. The van der Waals surface area contributed by atoms with Gasteiger partial charge in [0.2, 0.25) is 0 Å². The fourth-order valence-corrected chi connectivity index (χ4v) is 5.10. The highest BCUT2D eigenvalue weighted by molar-refractivity contribution is 7.99. The Hall–Kier alpha value is -1.14. The van der Waals surface area contributed by atoms with Crippen molar-refractivity contribution in [1.29, 1.82) is 0 Å². The van der Waals surface area contributed by atoms with E-state index in [-0.39, 0.29) is 6.61 Å². The van der Waals surface area contributed by atoms with Crippen LogP contribution < -0.4 is 10.1 Å². The second-order valence-corrected chi connectivity index (χ2v) is 8.92. The van der Waals surface area contributed by atoms with Gasteiger partial charge in [-0.05, 0) is 48.7 Å². The van der Waals surface area contributed by atoms with Gasteiger partial charge in [-0.15, -0.1) is 23.5 Å². The van der Waals surface area contributed by atoms with Gasteiger partial charge in [-0.3, -0.25) is 0 Å². The van der Waals surface area contributed by atoms with Crippen molar-refractivity contribution in [2.75, 3.05) is 24.7 Å². The van der Waals surface area contributed by atoms with Crippen LogP contribution in [0.25, 0.3) is 0 Å². The van der Waals surface area contributed by atoms with Crippen LogP contribution in [0.15, 0.2) is 52.3 Å². The van der Waals surface area contributed by atoms with Gasteiger partial charge in [-0.1, -0.05) is 31.2 Å². The van der Waals surface area contributed by atoms with Gasteiger partial charge in [0, 0.05) is 21.3 Å². The van der Waals surface area contributed by atoms with Crippen molar-refractivity contribution in [3.63, 3.8) is 0 Å². The highest BCUT2D eigenvalue weighted by Crippen LogP contribution is 2.32. The number of rotatable bonds is 7. The normalized spacial score (nSPS) is 17.9. The molecule has 1 aliphatic heterocycles. The Balaban J connectivity index is 1.45. The molecule has 2 aromatic rings. The number of aliphatic hydroxyl groups excluding tert-OH is 1. The third kappa shape index (κ3) is 5.19. The molecule has 0 bridgehead atoms. The first kappa shape index (κ1) is 19.6. The Morgan fingerprint density at radius 1 is 1.27 bits per heavy atom. The largest absolute Gasteiger partial charge is 0.491 e. The van der Waals surface area contributed by atoms with Crippen LogP contribution in [-0.4, -0.2) is 35.8 Å².